The zero-order chi connectivity index (χ0) is 60.6. The average molecular weight is 1190 g/mol. The summed E-state index contributed by atoms with van der Waals surface area (Å²) in [6, 6.07) is 0. The maximum Gasteiger partial charge on any atom is 0.187 e. The fourth-order valence-electron chi connectivity index (χ4n) is 16.9. The van der Waals surface area contributed by atoms with Crippen LogP contribution in [0.4, 0.5) is 0 Å². The van der Waals surface area contributed by atoms with Crippen LogP contribution in [0, 0.1) is 45.3 Å². The molecule has 0 spiro atoms. The number of fused-ring (bicyclic) bond motifs is 5. The first-order valence-corrected chi connectivity index (χ1v) is 30.4. The number of methoxy groups -OCH3 is 1. The Morgan fingerprint density at radius 3 is 1.78 bits per heavy atom. The van der Waals surface area contributed by atoms with Crippen LogP contribution in [0.25, 0.3) is 0 Å². The number of hydrogen-bond acceptors (Lipinski definition) is 24. The van der Waals surface area contributed by atoms with E-state index in [1.165, 1.54) is 19.6 Å². The summed E-state index contributed by atoms with van der Waals surface area (Å²) in [6.45, 7) is 17.3. The second-order valence-electron chi connectivity index (χ2n) is 27.7. The van der Waals surface area contributed by atoms with Crippen LogP contribution in [-0.4, -0.2) is 253 Å². The first kappa shape index (κ1) is 66.2. The predicted octanol–water partition coefficient (Wildman–Crippen LogP) is -0.389. The van der Waals surface area contributed by atoms with E-state index in [4.69, 9.17) is 52.1 Å². The molecule has 9 aliphatic rings. The zero-order valence-corrected chi connectivity index (χ0v) is 49.9. The molecular formula is C59H100O24. The summed E-state index contributed by atoms with van der Waals surface area (Å²) in [6.07, 6.45) is -26.3. The molecule has 3 saturated carbocycles. The monoisotopic (exact) mass is 1190 g/mol. The quantitative estimate of drug-likeness (QED) is 0.0614. The molecule has 5 heterocycles. The third kappa shape index (κ3) is 12.1. The van der Waals surface area contributed by atoms with Crippen molar-refractivity contribution in [2.45, 2.75) is 280 Å². The van der Waals surface area contributed by atoms with Gasteiger partial charge in [0.05, 0.1) is 44.2 Å². The van der Waals surface area contributed by atoms with Gasteiger partial charge >= 0.3 is 0 Å². The Morgan fingerprint density at radius 2 is 1.16 bits per heavy atom. The van der Waals surface area contributed by atoms with E-state index in [2.05, 4.69) is 61.5 Å². The molecule has 83 heavy (non-hydrogen) atoms. The minimum absolute atomic E-state index is 0.00768. The molecule has 0 radical (unpaired) electrons. The van der Waals surface area contributed by atoms with E-state index in [1.54, 1.807) is 0 Å². The molecular weight excluding hydrogens is 1090 g/mol. The van der Waals surface area contributed by atoms with Crippen molar-refractivity contribution in [2.75, 3.05) is 33.5 Å². The molecule has 0 aromatic rings. The minimum atomic E-state index is -1.98. The van der Waals surface area contributed by atoms with Gasteiger partial charge in [0, 0.05) is 7.11 Å². The second-order valence-corrected chi connectivity index (χ2v) is 27.7. The molecule has 5 saturated heterocycles. The van der Waals surface area contributed by atoms with Crippen molar-refractivity contribution in [3.63, 3.8) is 0 Å². The lowest BCUT2D eigenvalue weighted by atomic mass is 9.41. The van der Waals surface area contributed by atoms with Crippen LogP contribution in [0.5, 0.6) is 0 Å². The molecule has 9 rings (SSSR count). The first-order valence-electron chi connectivity index (χ1n) is 30.4. The van der Waals surface area contributed by atoms with Gasteiger partial charge in [0.15, 0.2) is 31.5 Å². The summed E-state index contributed by atoms with van der Waals surface area (Å²) in [5.74, 6) is 1.31. The molecule has 24 heteroatoms. The van der Waals surface area contributed by atoms with E-state index in [0.29, 0.717) is 18.3 Å². The third-order valence-corrected chi connectivity index (χ3v) is 22.0. The third-order valence-electron chi connectivity index (χ3n) is 22.0. The molecule has 0 aromatic heterocycles. The standard InChI is InChI=1S/C59H100O24/c1-26(2)12-11-18-59(9,72)35-16-21-57(7)29-13-14-34-55(4,5)36(17-19-56(34,6)28(29)15-20-58(35,57)8)79-53-48(38(65)31(63)25-75-53)83-54-49(82-50-41(68)37(64)30(62)24-74-50)42(69)45(27(3)76-54)80-52-44(71)47(40(67)33(23-61)78-52)81-51-43(70)46(73-10)39(66)32(22-60)77-51/h15,26-27,29-54,60-72H,11-14,16-25H2,1-10H3/t27?,29?,30?,31?,32?,33?,34?,35?,36-,37?,38?,39?,40?,41?,42?,43?,44?,45?,46?,47?,48?,49?,50?,51?,52?,53?,54?,56+,57-,58+,59-/m0/s1. The molecule has 31 atom stereocenters. The Kier molecular flexibility index (Phi) is 20.4. The first-order chi connectivity index (χ1) is 39.0. The minimum Gasteiger partial charge on any atom is -0.394 e. The van der Waals surface area contributed by atoms with Gasteiger partial charge in [-0.1, -0.05) is 73.0 Å². The summed E-state index contributed by atoms with van der Waals surface area (Å²) in [5.41, 5.74) is 0.0758. The summed E-state index contributed by atoms with van der Waals surface area (Å²) in [5, 5.41) is 144. The van der Waals surface area contributed by atoms with Gasteiger partial charge in [-0.05, 0) is 111 Å². The highest BCUT2D eigenvalue weighted by Gasteiger charge is 2.68. The van der Waals surface area contributed by atoms with Crippen molar-refractivity contribution in [1.82, 2.24) is 0 Å². The SMILES string of the molecule is COC1C(O)C(CO)OC(OC2C(O)C(CO)OC(OC3C(C)OC(OC4C(O[C@H]5CC[C@]6(C)C7=CC[C@]8(C)C([C@@](C)(O)CCCC(C)C)CC[C@@]8(C)C7CCC6C5(C)C)OCC(O)C4O)C(OC4OCC(O)C(O)C4O)C3O)C2O)C1O. The Hall–Kier alpha value is -1.22. The lowest BCUT2D eigenvalue weighted by molar-refractivity contribution is -0.403. The van der Waals surface area contributed by atoms with Crippen molar-refractivity contribution in [1.29, 1.82) is 0 Å². The lowest BCUT2D eigenvalue weighted by Crippen LogP contribution is -2.68. The Bertz CT molecular complexity index is 2170. The van der Waals surface area contributed by atoms with Crippen LogP contribution in [0.2, 0.25) is 0 Å². The van der Waals surface area contributed by atoms with E-state index in [-0.39, 0.29) is 34.7 Å². The number of allylic oxidation sites excluding steroid dienone is 2. The van der Waals surface area contributed by atoms with Gasteiger partial charge in [-0.3, -0.25) is 0 Å². The summed E-state index contributed by atoms with van der Waals surface area (Å²) >= 11 is 0. The van der Waals surface area contributed by atoms with Gasteiger partial charge in [0.1, 0.15) is 104 Å². The summed E-state index contributed by atoms with van der Waals surface area (Å²) in [4.78, 5) is 0. The molecule has 0 aromatic carbocycles. The van der Waals surface area contributed by atoms with Gasteiger partial charge in [0.2, 0.25) is 0 Å². The van der Waals surface area contributed by atoms with Crippen molar-refractivity contribution >= 4 is 0 Å². The van der Waals surface area contributed by atoms with Crippen molar-refractivity contribution in [3.05, 3.63) is 11.6 Å². The van der Waals surface area contributed by atoms with Crippen LogP contribution in [-0.2, 0) is 52.1 Å². The van der Waals surface area contributed by atoms with Crippen LogP contribution < -0.4 is 0 Å². The fourth-order valence-corrected chi connectivity index (χ4v) is 16.9. The predicted molar refractivity (Wildman–Crippen MR) is 289 cm³/mol. The lowest BCUT2D eigenvalue weighted by Gasteiger charge is -2.65. The molecule has 4 aliphatic carbocycles. The van der Waals surface area contributed by atoms with Gasteiger partial charge in [-0.25, -0.2) is 0 Å². The molecule has 5 aliphatic heterocycles. The molecule has 8 fully saturated rings. The number of aliphatic hydroxyl groups is 13. The van der Waals surface area contributed by atoms with E-state index >= 15 is 0 Å². The molecule has 26 unspecified atom stereocenters. The van der Waals surface area contributed by atoms with E-state index in [9.17, 15) is 66.4 Å². The van der Waals surface area contributed by atoms with E-state index in [0.717, 1.165) is 57.8 Å². The van der Waals surface area contributed by atoms with Crippen LogP contribution in [0.3, 0.4) is 0 Å². The maximum absolute atomic E-state index is 12.4. The molecule has 13 N–H and O–H groups in total. The zero-order valence-electron chi connectivity index (χ0n) is 49.9. The van der Waals surface area contributed by atoms with Crippen LogP contribution in [0.15, 0.2) is 11.6 Å². The van der Waals surface area contributed by atoms with Gasteiger partial charge < -0.3 is 118 Å². The smallest absolute Gasteiger partial charge is 0.187 e. The Morgan fingerprint density at radius 1 is 0.590 bits per heavy atom. The van der Waals surface area contributed by atoms with E-state index in [1.807, 2.05) is 0 Å². The topological polar surface area (TPSA) is 365 Å². The van der Waals surface area contributed by atoms with Gasteiger partial charge in [0.25, 0.3) is 0 Å². The largest absolute Gasteiger partial charge is 0.394 e. The highest BCUT2D eigenvalue weighted by molar-refractivity contribution is 5.33. The normalized spacial score (nSPS) is 51.8. The number of ether oxygens (including phenoxy) is 11. The number of aliphatic hydroxyl groups excluding tert-OH is 12. The Labute approximate surface area is 487 Å². The van der Waals surface area contributed by atoms with Crippen molar-refractivity contribution < 1.29 is 118 Å². The maximum atomic E-state index is 12.4. The summed E-state index contributed by atoms with van der Waals surface area (Å²) in [7, 11) is 1.20. The highest BCUT2D eigenvalue weighted by Crippen LogP contribution is 2.73. The molecule has 24 nitrogen and oxygen atoms in total. The average Bonchev–Trinajstić information content (AvgIpc) is 1.90. The van der Waals surface area contributed by atoms with Crippen molar-refractivity contribution in [2.24, 2.45) is 45.3 Å². The van der Waals surface area contributed by atoms with Crippen LogP contribution in [0.1, 0.15) is 127 Å². The highest BCUT2D eigenvalue weighted by atomic mass is 16.8. The fraction of sp³-hybridized carbons (Fsp3) is 0.966. The number of hydrogen-bond donors (Lipinski definition) is 13. The van der Waals surface area contributed by atoms with E-state index < -0.39 is 178 Å². The molecule has 0 amide bonds. The molecule has 0 bridgehead atoms. The molecule has 480 valence electrons. The number of rotatable bonds is 18. The van der Waals surface area contributed by atoms with Gasteiger partial charge in [-0.15, -0.1) is 0 Å². The van der Waals surface area contributed by atoms with Crippen LogP contribution >= 0.6 is 0 Å². The second kappa shape index (κ2) is 25.6. The summed E-state index contributed by atoms with van der Waals surface area (Å²) < 4.78 is 66.6. The Balaban J connectivity index is 0.931. The van der Waals surface area contributed by atoms with Crippen molar-refractivity contribution in [3.8, 4) is 0 Å². The van der Waals surface area contributed by atoms with Gasteiger partial charge in [-0.2, -0.15) is 0 Å².